The van der Waals surface area contributed by atoms with E-state index >= 15 is 0 Å². The van der Waals surface area contributed by atoms with Crippen molar-refractivity contribution in [2.45, 2.75) is 39.5 Å². The minimum Gasteiger partial charge on any atom is -0.299 e. The second kappa shape index (κ2) is 2.86. The van der Waals surface area contributed by atoms with Crippen LogP contribution in [-0.2, 0) is 4.79 Å². The van der Waals surface area contributed by atoms with Crippen molar-refractivity contribution in [2.75, 3.05) is 0 Å². The third-order valence-electron chi connectivity index (χ3n) is 3.33. The highest BCUT2D eigenvalue weighted by atomic mass is 16.1. The van der Waals surface area contributed by atoms with Crippen LogP contribution in [0.5, 0.6) is 0 Å². The van der Waals surface area contributed by atoms with Crippen molar-refractivity contribution in [1.29, 1.82) is 0 Å². The monoisotopic (exact) mass is 166 g/mol. The maximum atomic E-state index is 11.7. The van der Waals surface area contributed by atoms with E-state index in [1.165, 1.54) is 19.3 Å². The van der Waals surface area contributed by atoms with E-state index in [0.29, 0.717) is 23.5 Å². The number of fused-ring (bicyclic) bond motifs is 1. The second-order valence-corrected chi connectivity index (χ2v) is 4.91. The molecule has 1 nitrogen and oxygen atoms in total. The van der Waals surface area contributed by atoms with Crippen molar-refractivity contribution in [3.63, 3.8) is 0 Å². The van der Waals surface area contributed by atoms with Gasteiger partial charge < -0.3 is 0 Å². The van der Waals surface area contributed by atoms with E-state index < -0.39 is 0 Å². The van der Waals surface area contributed by atoms with Crippen molar-refractivity contribution in [2.24, 2.45) is 23.7 Å². The summed E-state index contributed by atoms with van der Waals surface area (Å²) in [4.78, 5) is 11.7. The molecule has 0 amide bonds. The SMILES string of the molecule is CC(C)C[C@@H]1CC[C@H]2C[C@@H]2C1=O. The maximum Gasteiger partial charge on any atom is 0.139 e. The van der Waals surface area contributed by atoms with Gasteiger partial charge in [-0.05, 0) is 37.5 Å². The zero-order valence-electron chi connectivity index (χ0n) is 8.05. The molecule has 0 aromatic heterocycles. The van der Waals surface area contributed by atoms with Crippen molar-refractivity contribution >= 4 is 5.78 Å². The zero-order valence-corrected chi connectivity index (χ0v) is 8.05. The normalized spacial score (nSPS) is 39.9. The van der Waals surface area contributed by atoms with Crippen LogP contribution < -0.4 is 0 Å². The first-order valence-corrected chi connectivity index (χ1v) is 5.22. The predicted octanol–water partition coefficient (Wildman–Crippen LogP) is 2.65. The average molecular weight is 166 g/mol. The fraction of sp³-hybridized carbons (Fsp3) is 0.909. The summed E-state index contributed by atoms with van der Waals surface area (Å²) in [5.41, 5.74) is 0. The highest BCUT2D eigenvalue weighted by Crippen LogP contribution is 2.50. The molecule has 3 atom stereocenters. The summed E-state index contributed by atoms with van der Waals surface area (Å²) in [6, 6.07) is 0. The molecule has 0 saturated heterocycles. The van der Waals surface area contributed by atoms with Gasteiger partial charge in [0.1, 0.15) is 5.78 Å². The van der Waals surface area contributed by atoms with Crippen LogP contribution in [0.25, 0.3) is 0 Å². The summed E-state index contributed by atoms with van der Waals surface area (Å²) in [5.74, 6) is 3.02. The van der Waals surface area contributed by atoms with E-state index in [4.69, 9.17) is 0 Å². The van der Waals surface area contributed by atoms with Gasteiger partial charge >= 0.3 is 0 Å². The van der Waals surface area contributed by atoms with Gasteiger partial charge in [0.2, 0.25) is 0 Å². The summed E-state index contributed by atoms with van der Waals surface area (Å²) in [6.07, 6.45) is 4.85. The summed E-state index contributed by atoms with van der Waals surface area (Å²) < 4.78 is 0. The van der Waals surface area contributed by atoms with Crippen molar-refractivity contribution < 1.29 is 4.79 Å². The molecule has 2 rings (SSSR count). The third kappa shape index (κ3) is 1.41. The molecular formula is C11H18O. The molecule has 0 unspecified atom stereocenters. The Bertz CT molecular complexity index is 195. The molecule has 0 aromatic rings. The van der Waals surface area contributed by atoms with Gasteiger partial charge in [-0.2, -0.15) is 0 Å². The lowest BCUT2D eigenvalue weighted by molar-refractivity contribution is -0.126. The Morgan fingerprint density at radius 3 is 2.83 bits per heavy atom. The van der Waals surface area contributed by atoms with Crippen LogP contribution in [0.2, 0.25) is 0 Å². The molecule has 2 aliphatic rings. The van der Waals surface area contributed by atoms with Gasteiger partial charge in [0, 0.05) is 11.8 Å². The van der Waals surface area contributed by atoms with Gasteiger partial charge in [0.15, 0.2) is 0 Å². The summed E-state index contributed by atoms with van der Waals surface area (Å²) in [7, 11) is 0. The second-order valence-electron chi connectivity index (χ2n) is 4.91. The van der Waals surface area contributed by atoms with E-state index in [-0.39, 0.29) is 0 Å². The summed E-state index contributed by atoms with van der Waals surface area (Å²) >= 11 is 0. The van der Waals surface area contributed by atoms with Crippen molar-refractivity contribution in [3.05, 3.63) is 0 Å². The smallest absolute Gasteiger partial charge is 0.139 e. The molecule has 2 saturated carbocycles. The number of carbonyl (C=O) groups is 1. The lowest BCUT2D eigenvalue weighted by Crippen LogP contribution is -2.23. The number of hydrogen-bond donors (Lipinski definition) is 0. The van der Waals surface area contributed by atoms with E-state index in [1.54, 1.807) is 0 Å². The van der Waals surface area contributed by atoms with Gasteiger partial charge in [0.25, 0.3) is 0 Å². The molecule has 0 aliphatic heterocycles. The number of rotatable bonds is 2. The Labute approximate surface area is 74.5 Å². The quantitative estimate of drug-likeness (QED) is 0.616. The Kier molecular flexibility index (Phi) is 1.97. The highest BCUT2D eigenvalue weighted by molar-refractivity contribution is 5.86. The molecule has 68 valence electrons. The Morgan fingerprint density at radius 1 is 1.42 bits per heavy atom. The van der Waals surface area contributed by atoms with E-state index in [1.807, 2.05) is 0 Å². The van der Waals surface area contributed by atoms with E-state index in [0.717, 1.165) is 12.3 Å². The fourth-order valence-corrected chi connectivity index (χ4v) is 2.58. The first kappa shape index (κ1) is 8.28. The van der Waals surface area contributed by atoms with E-state index in [9.17, 15) is 4.79 Å². The minimum atomic E-state index is 0.425. The van der Waals surface area contributed by atoms with Crippen LogP contribution in [0, 0.1) is 23.7 Å². The van der Waals surface area contributed by atoms with Crippen LogP contribution in [0.4, 0.5) is 0 Å². The molecule has 0 radical (unpaired) electrons. The first-order valence-electron chi connectivity index (χ1n) is 5.22. The molecule has 0 N–H and O–H groups in total. The van der Waals surface area contributed by atoms with Crippen LogP contribution in [0.3, 0.4) is 0 Å². The van der Waals surface area contributed by atoms with Gasteiger partial charge in [-0.1, -0.05) is 13.8 Å². The Balaban J connectivity index is 1.93. The summed E-state index contributed by atoms with van der Waals surface area (Å²) in [6.45, 7) is 4.43. The van der Waals surface area contributed by atoms with Gasteiger partial charge in [0.05, 0.1) is 0 Å². The maximum absolute atomic E-state index is 11.7. The number of Topliss-reactive ketones (excluding diaryl/α,β-unsaturated/α-hetero) is 1. The fourth-order valence-electron chi connectivity index (χ4n) is 2.58. The van der Waals surface area contributed by atoms with Crippen LogP contribution in [0.1, 0.15) is 39.5 Å². The van der Waals surface area contributed by atoms with Gasteiger partial charge in [-0.15, -0.1) is 0 Å². The molecule has 2 fully saturated rings. The Hall–Kier alpha value is -0.330. The van der Waals surface area contributed by atoms with Crippen molar-refractivity contribution in [3.8, 4) is 0 Å². The number of carbonyl (C=O) groups excluding carboxylic acids is 1. The Morgan fingerprint density at radius 2 is 2.17 bits per heavy atom. The molecule has 2 aliphatic carbocycles. The molecule has 0 spiro atoms. The molecular weight excluding hydrogens is 148 g/mol. The summed E-state index contributed by atoms with van der Waals surface area (Å²) in [5, 5.41) is 0. The van der Waals surface area contributed by atoms with Crippen molar-refractivity contribution in [1.82, 2.24) is 0 Å². The topological polar surface area (TPSA) is 17.1 Å². The largest absolute Gasteiger partial charge is 0.299 e. The molecule has 12 heavy (non-hydrogen) atoms. The number of ketones is 1. The average Bonchev–Trinajstić information content (AvgIpc) is 2.73. The van der Waals surface area contributed by atoms with Crippen LogP contribution in [0.15, 0.2) is 0 Å². The van der Waals surface area contributed by atoms with Gasteiger partial charge in [-0.3, -0.25) is 4.79 Å². The molecule has 0 heterocycles. The predicted molar refractivity (Wildman–Crippen MR) is 48.8 cm³/mol. The molecule has 1 heteroatoms. The molecule has 0 aromatic carbocycles. The number of hydrogen-bond acceptors (Lipinski definition) is 1. The highest BCUT2D eigenvalue weighted by Gasteiger charge is 2.48. The van der Waals surface area contributed by atoms with E-state index in [2.05, 4.69) is 13.8 Å². The lowest BCUT2D eigenvalue weighted by atomic mass is 9.83. The third-order valence-corrected chi connectivity index (χ3v) is 3.33. The van der Waals surface area contributed by atoms with Crippen LogP contribution in [-0.4, -0.2) is 5.78 Å². The zero-order chi connectivity index (χ0) is 8.72. The lowest BCUT2D eigenvalue weighted by Gasteiger charge is -2.21. The minimum absolute atomic E-state index is 0.425. The van der Waals surface area contributed by atoms with Crippen LogP contribution >= 0.6 is 0 Å². The standard InChI is InChI=1S/C11H18O/c1-7(2)5-9-4-3-8-6-10(8)11(9)12/h7-10H,3-6H2,1-2H3/t8-,9-,10-/m0/s1. The first-order chi connectivity index (χ1) is 5.68. The van der Waals surface area contributed by atoms with Gasteiger partial charge in [-0.25, -0.2) is 0 Å². The molecule has 0 bridgehead atoms.